The fraction of sp³-hybridized carbons (Fsp3) is 0.527. The van der Waals surface area contributed by atoms with E-state index >= 15 is 0 Å². The second-order valence-corrected chi connectivity index (χ2v) is 18.2. The van der Waals surface area contributed by atoms with Crippen molar-refractivity contribution < 1.29 is 83.1 Å². The van der Waals surface area contributed by atoms with Crippen molar-refractivity contribution in [2.24, 2.45) is 0 Å². The maximum Gasteiger partial charge on any atom is 0.187 e. The highest BCUT2D eigenvalue weighted by molar-refractivity contribution is 5.16. The molecule has 394 valence electrons. The van der Waals surface area contributed by atoms with Gasteiger partial charge in [0.25, 0.3) is 0 Å². The minimum Gasteiger partial charge on any atom is -0.394 e. The van der Waals surface area contributed by atoms with Gasteiger partial charge in [0.2, 0.25) is 0 Å². The molecular formula is C55H72O17. The Bertz CT molecular complexity index is 2090. The highest BCUT2D eigenvalue weighted by Gasteiger charge is 2.53. The molecule has 3 heterocycles. The predicted octanol–water partition coefficient (Wildman–Crippen LogP) is 3.85. The predicted molar refractivity (Wildman–Crippen MR) is 260 cm³/mol. The number of benzene rings is 4. The molecule has 15 atom stereocenters. The maximum atomic E-state index is 12.2. The zero-order chi connectivity index (χ0) is 50.5. The van der Waals surface area contributed by atoms with Gasteiger partial charge in [0.15, 0.2) is 18.9 Å². The molecule has 3 saturated heterocycles. The lowest BCUT2D eigenvalue weighted by Gasteiger charge is -2.48. The van der Waals surface area contributed by atoms with Gasteiger partial charge < -0.3 is 83.1 Å². The van der Waals surface area contributed by atoms with Crippen LogP contribution in [0.4, 0.5) is 0 Å². The van der Waals surface area contributed by atoms with Gasteiger partial charge in [0, 0.05) is 6.61 Å². The van der Waals surface area contributed by atoms with Crippen LogP contribution in [0.1, 0.15) is 54.4 Å². The van der Waals surface area contributed by atoms with E-state index in [1.165, 1.54) is 0 Å². The molecule has 17 nitrogen and oxygen atoms in total. The van der Waals surface area contributed by atoms with Crippen molar-refractivity contribution in [1.29, 1.82) is 0 Å². The summed E-state index contributed by atoms with van der Waals surface area (Å²) in [5.41, 5.74) is 3.77. The SMILES string of the molecule is OC[C@H]1O[C@H](OC[C@H]2O[C@H](OCCC/C=C/CCCCOCc3ccccc3)[C@@H](O)[C@@H](O[C@H]3O[C@H](COCc4ccccc4)[C@@H](OCc4ccccc4)[C@H](OCc4ccccc4)[C@@H]3O)[C@@H]2O)[C@@H](O)[C@@H](O)[C@@H]1O. The van der Waals surface area contributed by atoms with E-state index in [1.807, 2.05) is 121 Å². The van der Waals surface area contributed by atoms with Crippen LogP contribution in [-0.4, -0.2) is 161 Å². The summed E-state index contributed by atoms with van der Waals surface area (Å²) in [7, 11) is 0. The van der Waals surface area contributed by atoms with Crippen molar-refractivity contribution in [2.45, 2.75) is 151 Å². The molecule has 0 saturated carbocycles. The number of allylic oxidation sites excluding steroid dienone is 2. The van der Waals surface area contributed by atoms with Crippen molar-refractivity contribution in [2.75, 3.05) is 33.0 Å². The molecule has 0 aliphatic carbocycles. The molecule has 4 aromatic carbocycles. The van der Waals surface area contributed by atoms with Crippen LogP contribution < -0.4 is 0 Å². The standard InChI is InChI=1S/C55H72O17/c56-30-41-44(57)46(59)47(60)53(69-41)68-36-42-45(58)51(48(61)54(70-42)65-29-19-5-3-1-2-4-18-28-63-31-37-20-10-6-11-21-37)72-55-49(62)52(67-34-40-26-16-9-17-27-40)50(66-33-39-24-14-8-15-25-39)43(71-55)35-64-32-38-22-12-7-13-23-38/h1,3,6-17,20-27,41-62H,2,4-5,18-19,28-36H2/b3-1+/t41-,42-,43-,44-,45-,46+,47+,48+,49+,50-,51+,52-,53+,54+,55-/m1/s1. The van der Waals surface area contributed by atoms with Crippen LogP contribution >= 0.6 is 0 Å². The summed E-state index contributed by atoms with van der Waals surface area (Å²) >= 11 is 0. The van der Waals surface area contributed by atoms with Gasteiger partial charge in [-0.3, -0.25) is 0 Å². The maximum absolute atomic E-state index is 12.2. The third-order valence-corrected chi connectivity index (χ3v) is 12.8. The van der Waals surface area contributed by atoms with Gasteiger partial charge in [-0.25, -0.2) is 0 Å². The molecule has 0 spiro atoms. The average molecular weight is 1010 g/mol. The van der Waals surface area contributed by atoms with Crippen LogP contribution in [0.5, 0.6) is 0 Å². The average Bonchev–Trinajstić information content (AvgIpc) is 3.41. The van der Waals surface area contributed by atoms with Gasteiger partial charge >= 0.3 is 0 Å². The molecule has 0 radical (unpaired) electrons. The lowest BCUT2D eigenvalue weighted by Crippen LogP contribution is -2.66. The number of unbranched alkanes of at least 4 members (excludes halogenated alkanes) is 3. The molecule has 0 amide bonds. The van der Waals surface area contributed by atoms with E-state index in [0.717, 1.165) is 41.5 Å². The Hall–Kier alpha value is -4.06. The van der Waals surface area contributed by atoms with Crippen LogP contribution in [0.3, 0.4) is 0 Å². The lowest BCUT2D eigenvalue weighted by atomic mass is 9.96. The molecule has 72 heavy (non-hydrogen) atoms. The number of hydrogen-bond acceptors (Lipinski definition) is 17. The van der Waals surface area contributed by atoms with E-state index in [0.29, 0.717) is 26.1 Å². The molecule has 3 aliphatic rings. The van der Waals surface area contributed by atoms with Crippen molar-refractivity contribution in [3.8, 4) is 0 Å². The van der Waals surface area contributed by atoms with Gasteiger partial charge in [0.05, 0.1) is 52.9 Å². The summed E-state index contributed by atoms with van der Waals surface area (Å²) in [6.45, 7) is 0.685. The summed E-state index contributed by atoms with van der Waals surface area (Å²) in [5.74, 6) is 0. The largest absolute Gasteiger partial charge is 0.394 e. The van der Waals surface area contributed by atoms with Crippen LogP contribution in [0, 0.1) is 0 Å². The third-order valence-electron chi connectivity index (χ3n) is 12.8. The van der Waals surface area contributed by atoms with Gasteiger partial charge in [0.1, 0.15) is 73.2 Å². The van der Waals surface area contributed by atoms with E-state index < -0.39 is 105 Å². The molecule has 0 unspecified atom stereocenters. The molecule has 4 aromatic rings. The van der Waals surface area contributed by atoms with Crippen LogP contribution in [0.25, 0.3) is 0 Å². The number of aliphatic hydroxyl groups is 7. The number of ether oxygens (including phenoxy) is 10. The highest BCUT2D eigenvalue weighted by atomic mass is 16.8. The third kappa shape index (κ3) is 16.5. The Balaban J connectivity index is 1.04. The lowest BCUT2D eigenvalue weighted by molar-refractivity contribution is -0.371. The fourth-order valence-electron chi connectivity index (χ4n) is 8.69. The van der Waals surface area contributed by atoms with E-state index in [1.54, 1.807) is 0 Å². The zero-order valence-corrected chi connectivity index (χ0v) is 40.5. The monoisotopic (exact) mass is 1000 g/mol. The molecule has 0 aromatic heterocycles. The van der Waals surface area contributed by atoms with Crippen molar-refractivity contribution in [1.82, 2.24) is 0 Å². The van der Waals surface area contributed by atoms with Crippen LogP contribution in [-0.2, 0) is 73.8 Å². The number of hydrogen-bond donors (Lipinski definition) is 7. The molecule has 7 rings (SSSR count). The summed E-state index contributed by atoms with van der Waals surface area (Å²) in [4.78, 5) is 0. The normalized spacial score (nSPS) is 31.0. The molecule has 0 bridgehead atoms. The Labute approximate surface area is 421 Å². The smallest absolute Gasteiger partial charge is 0.187 e. The van der Waals surface area contributed by atoms with Crippen LogP contribution in [0.2, 0.25) is 0 Å². The first-order valence-electron chi connectivity index (χ1n) is 24.9. The quantitative estimate of drug-likeness (QED) is 0.0316. The molecule has 7 N–H and O–H groups in total. The molecular weight excluding hydrogens is 933 g/mol. The number of rotatable bonds is 28. The first-order valence-corrected chi connectivity index (χ1v) is 24.9. The van der Waals surface area contributed by atoms with Crippen molar-refractivity contribution in [3.63, 3.8) is 0 Å². The number of aliphatic hydroxyl groups excluding tert-OH is 7. The second kappa shape index (κ2) is 29.7. The minimum absolute atomic E-state index is 0.0239. The summed E-state index contributed by atoms with van der Waals surface area (Å²) in [6.07, 6.45) is -13.2. The Morgan fingerprint density at radius 2 is 0.889 bits per heavy atom. The minimum atomic E-state index is -1.73. The van der Waals surface area contributed by atoms with E-state index in [-0.39, 0.29) is 33.0 Å². The highest BCUT2D eigenvalue weighted by Crippen LogP contribution is 2.34. The molecule has 17 heteroatoms. The summed E-state index contributed by atoms with van der Waals surface area (Å²) in [5, 5.41) is 77.3. The molecule has 3 aliphatic heterocycles. The van der Waals surface area contributed by atoms with E-state index in [9.17, 15) is 35.7 Å². The second-order valence-electron chi connectivity index (χ2n) is 18.2. The summed E-state index contributed by atoms with van der Waals surface area (Å²) < 4.78 is 61.5. The Morgan fingerprint density at radius 1 is 0.389 bits per heavy atom. The fourth-order valence-corrected chi connectivity index (χ4v) is 8.69. The van der Waals surface area contributed by atoms with Crippen molar-refractivity contribution >= 4 is 0 Å². The van der Waals surface area contributed by atoms with E-state index in [2.05, 4.69) is 12.2 Å². The first kappa shape index (κ1) is 55.7. The first-order chi connectivity index (χ1) is 35.2. The zero-order valence-electron chi connectivity index (χ0n) is 40.5. The molecule has 3 fully saturated rings. The summed E-state index contributed by atoms with van der Waals surface area (Å²) in [6, 6.07) is 38.6. The topological polar surface area (TPSA) is 234 Å². The van der Waals surface area contributed by atoms with Crippen molar-refractivity contribution in [3.05, 3.63) is 156 Å². The Kier molecular flexibility index (Phi) is 23.0. The van der Waals surface area contributed by atoms with Gasteiger partial charge in [-0.15, -0.1) is 0 Å². The van der Waals surface area contributed by atoms with Gasteiger partial charge in [-0.1, -0.05) is 133 Å². The van der Waals surface area contributed by atoms with E-state index in [4.69, 9.17) is 47.4 Å². The van der Waals surface area contributed by atoms with Gasteiger partial charge in [-0.05, 0) is 54.4 Å². The Morgan fingerprint density at radius 3 is 1.49 bits per heavy atom. The van der Waals surface area contributed by atoms with Crippen LogP contribution in [0.15, 0.2) is 133 Å². The van der Waals surface area contributed by atoms with Gasteiger partial charge in [-0.2, -0.15) is 0 Å².